The minimum Gasteiger partial charge on any atom is -0.374 e. The van der Waals surface area contributed by atoms with Gasteiger partial charge in [0.05, 0.1) is 0 Å². The van der Waals surface area contributed by atoms with Crippen LogP contribution in [0.2, 0.25) is 0 Å². The number of hydrogen-bond donors (Lipinski definition) is 1. The van der Waals surface area contributed by atoms with Crippen LogP contribution in [-0.2, 0) is 17.8 Å². The molecular formula is C15H23N5O. The number of nitrogens with one attached hydrogen (secondary N) is 1. The first-order valence-electron chi connectivity index (χ1n) is 7.50. The molecule has 0 fully saturated rings. The zero-order valence-corrected chi connectivity index (χ0v) is 13.0. The van der Waals surface area contributed by atoms with Gasteiger partial charge in [-0.25, -0.2) is 15.0 Å². The number of nitrogens with zero attached hydrogens (tertiary/aromatic N) is 4. The smallest absolute Gasteiger partial charge is 0.158 e. The van der Waals surface area contributed by atoms with Crippen molar-refractivity contribution in [3.8, 4) is 5.82 Å². The molecule has 0 atom stereocenters. The SMILES string of the molecule is CCCc1nccn1-c1cc(NCC)nc(COCC)n1. The van der Waals surface area contributed by atoms with Crippen molar-refractivity contribution in [2.24, 2.45) is 0 Å². The predicted molar refractivity (Wildman–Crippen MR) is 82.6 cm³/mol. The standard InChI is InChI=1S/C15H23N5O/c1-4-7-14-17-8-9-20(14)15-10-12(16-5-2)18-13(19-15)11-21-6-3/h8-10H,4-7,11H2,1-3H3,(H,16,18,19). The Morgan fingerprint density at radius 3 is 2.81 bits per heavy atom. The lowest BCUT2D eigenvalue weighted by molar-refractivity contribution is 0.128. The minimum atomic E-state index is 0.417. The number of aryl methyl sites for hydroxylation is 1. The third-order valence-corrected chi connectivity index (χ3v) is 2.99. The van der Waals surface area contributed by atoms with Crippen LogP contribution in [0, 0.1) is 0 Å². The number of aromatic nitrogens is 4. The molecule has 0 bridgehead atoms. The molecule has 0 aromatic carbocycles. The minimum absolute atomic E-state index is 0.417. The van der Waals surface area contributed by atoms with E-state index in [1.165, 1.54) is 0 Å². The van der Waals surface area contributed by atoms with E-state index in [0.29, 0.717) is 19.0 Å². The van der Waals surface area contributed by atoms with Crippen LogP contribution < -0.4 is 5.32 Å². The van der Waals surface area contributed by atoms with Gasteiger partial charge in [-0.2, -0.15) is 0 Å². The summed E-state index contributed by atoms with van der Waals surface area (Å²) >= 11 is 0. The van der Waals surface area contributed by atoms with E-state index in [2.05, 4.69) is 27.2 Å². The van der Waals surface area contributed by atoms with Crippen molar-refractivity contribution in [2.45, 2.75) is 40.2 Å². The Kier molecular flexibility index (Phi) is 5.68. The fourth-order valence-corrected chi connectivity index (χ4v) is 2.09. The molecular weight excluding hydrogens is 266 g/mol. The summed E-state index contributed by atoms with van der Waals surface area (Å²) in [6.45, 7) is 8.03. The summed E-state index contributed by atoms with van der Waals surface area (Å²) in [5.41, 5.74) is 0. The van der Waals surface area contributed by atoms with E-state index in [1.807, 2.05) is 36.9 Å². The molecule has 2 rings (SSSR count). The molecule has 0 unspecified atom stereocenters. The number of hydrogen-bond acceptors (Lipinski definition) is 5. The van der Waals surface area contributed by atoms with E-state index in [1.54, 1.807) is 0 Å². The van der Waals surface area contributed by atoms with E-state index >= 15 is 0 Å². The first-order valence-corrected chi connectivity index (χ1v) is 7.50. The zero-order valence-electron chi connectivity index (χ0n) is 13.0. The Labute approximate surface area is 125 Å². The van der Waals surface area contributed by atoms with Crippen molar-refractivity contribution >= 4 is 5.82 Å². The maximum atomic E-state index is 5.43. The molecule has 0 aliphatic heterocycles. The van der Waals surface area contributed by atoms with Gasteiger partial charge in [0.1, 0.15) is 24.1 Å². The summed E-state index contributed by atoms with van der Waals surface area (Å²) in [5, 5.41) is 3.24. The normalized spacial score (nSPS) is 10.8. The fraction of sp³-hybridized carbons (Fsp3) is 0.533. The average molecular weight is 289 g/mol. The third kappa shape index (κ3) is 4.01. The van der Waals surface area contributed by atoms with Crippen LogP contribution in [-0.4, -0.2) is 32.7 Å². The quantitative estimate of drug-likeness (QED) is 0.809. The summed E-state index contributed by atoms with van der Waals surface area (Å²) in [6, 6.07) is 1.94. The summed E-state index contributed by atoms with van der Waals surface area (Å²) in [5.74, 6) is 3.34. The van der Waals surface area contributed by atoms with Gasteiger partial charge in [0.2, 0.25) is 0 Å². The highest BCUT2D eigenvalue weighted by Crippen LogP contribution is 2.14. The number of imidazole rings is 1. The van der Waals surface area contributed by atoms with Crippen molar-refractivity contribution in [3.63, 3.8) is 0 Å². The highest BCUT2D eigenvalue weighted by molar-refractivity contribution is 5.42. The zero-order chi connectivity index (χ0) is 15.1. The number of anilines is 1. The summed E-state index contributed by atoms with van der Waals surface area (Å²) in [6.07, 6.45) is 5.72. The third-order valence-electron chi connectivity index (χ3n) is 2.99. The van der Waals surface area contributed by atoms with Crippen LogP contribution in [0.1, 0.15) is 38.8 Å². The van der Waals surface area contributed by atoms with Gasteiger partial charge in [0.25, 0.3) is 0 Å². The lowest BCUT2D eigenvalue weighted by Gasteiger charge is -2.11. The molecule has 2 aromatic rings. The van der Waals surface area contributed by atoms with Gasteiger partial charge in [0, 0.05) is 38.0 Å². The average Bonchev–Trinajstić information content (AvgIpc) is 2.94. The summed E-state index contributed by atoms with van der Waals surface area (Å²) < 4.78 is 7.44. The first kappa shape index (κ1) is 15.4. The van der Waals surface area contributed by atoms with Gasteiger partial charge in [0.15, 0.2) is 5.82 Å². The van der Waals surface area contributed by atoms with Crippen LogP contribution in [0.5, 0.6) is 0 Å². The maximum Gasteiger partial charge on any atom is 0.158 e. The monoisotopic (exact) mass is 289 g/mol. The second kappa shape index (κ2) is 7.73. The Morgan fingerprint density at radius 1 is 1.24 bits per heavy atom. The van der Waals surface area contributed by atoms with Gasteiger partial charge >= 0.3 is 0 Å². The molecule has 0 saturated carbocycles. The van der Waals surface area contributed by atoms with Crippen molar-refractivity contribution < 1.29 is 4.74 Å². The molecule has 1 N–H and O–H groups in total. The van der Waals surface area contributed by atoms with Crippen LogP contribution in [0.3, 0.4) is 0 Å². The molecule has 0 amide bonds. The molecule has 21 heavy (non-hydrogen) atoms. The molecule has 114 valence electrons. The Morgan fingerprint density at radius 2 is 2.10 bits per heavy atom. The topological polar surface area (TPSA) is 64.9 Å². The highest BCUT2D eigenvalue weighted by Gasteiger charge is 2.09. The molecule has 0 aliphatic carbocycles. The molecule has 0 saturated heterocycles. The van der Waals surface area contributed by atoms with Crippen molar-refractivity contribution in [2.75, 3.05) is 18.5 Å². The van der Waals surface area contributed by atoms with Crippen molar-refractivity contribution in [1.82, 2.24) is 19.5 Å². The van der Waals surface area contributed by atoms with Crippen LogP contribution in [0.15, 0.2) is 18.5 Å². The molecule has 2 heterocycles. The number of rotatable bonds is 8. The van der Waals surface area contributed by atoms with E-state index in [9.17, 15) is 0 Å². The maximum absolute atomic E-state index is 5.43. The number of ether oxygens (including phenoxy) is 1. The van der Waals surface area contributed by atoms with Gasteiger partial charge in [-0.3, -0.25) is 4.57 Å². The summed E-state index contributed by atoms with van der Waals surface area (Å²) in [4.78, 5) is 13.5. The molecule has 6 heteroatoms. The lowest BCUT2D eigenvalue weighted by Crippen LogP contribution is -2.10. The van der Waals surface area contributed by atoms with Crippen LogP contribution in [0.4, 0.5) is 5.82 Å². The second-order valence-electron chi connectivity index (χ2n) is 4.66. The Bertz CT molecular complexity index is 567. The van der Waals surface area contributed by atoms with Crippen molar-refractivity contribution in [3.05, 3.63) is 30.1 Å². The molecule has 0 aliphatic rings. The Hall–Kier alpha value is -1.95. The molecule has 2 aromatic heterocycles. The Balaban J connectivity index is 2.36. The molecule has 6 nitrogen and oxygen atoms in total. The largest absolute Gasteiger partial charge is 0.374 e. The first-order chi connectivity index (χ1) is 10.3. The van der Waals surface area contributed by atoms with Gasteiger partial charge in [-0.1, -0.05) is 6.92 Å². The molecule has 0 spiro atoms. The summed E-state index contributed by atoms with van der Waals surface area (Å²) in [7, 11) is 0. The lowest BCUT2D eigenvalue weighted by atomic mass is 10.3. The highest BCUT2D eigenvalue weighted by atomic mass is 16.5. The van der Waals surface area contributed by atoms with Gasteiger partial charge in [-0.15, -0.1) is 0 Å². The van der Waals surface area contributed by atoms with Gasteiger partial charge < -0.3 is 10.1 Å². The van der Waals surface area contributed by atoms with E-state index in [4.69, 9.17) is 4.74 Å². The van der Waals surface area contributed by atoms with Crippen LogP contribution in [0.25, 0.3) is 5.82 Å². The van der Waals surface area contributed by atoms with Crippen LogP contribution >= 0.6 is 0 Å². The van der Waals surface area contributed by atoms with Gasteiger partial charge in [-0.05, 0) is 20.3 Å². The van der Waals surface area contributed by atoms with E-state index in [0.717, 1.165) is 36.8 Å². The van der Waals surface area contributed by atoms with E-state index < -0.39 is 0 Å². The predicted octanol–water partition coefficient (Wildman–Crippen LogP) is 2.58. The van der Waals surface area contributed by atoms with E-state index in [-0.39, 0.29) is 0 Å². The van der Waals surface area contributed by atoms with Crippen molar-refractivity contribution in [1.29, 1.82) is 0 Å². The molecule has 0 radical (unpaired) electrons. The second-order valence-corrected chi connectivity index (χ2v) is 4.66. The fourth-order valence-electron chi connectivity index (χ4n) is 2.09.